The summed E-state index contributed by atoms with van der Waals surface area (Å²) in [6.07, 6.45) is -4.00. The first-order valence-corrected chi connectivity index (χ1v) is 5.01. The number of rotatable bonds is 3. The van der Waals surface area contributed by atoms with Gasteiger partial charge < -0.3 is 10.4 Å². The van der Waals surface area contributed by atoms with E-state index >= 15 is 0 Å². The second-order valence-electron chi connectivity index (χ2n) is 3.46. The van der Waals surface area contributed by atoms with Crippen LogP contribution in [-0.4, -0.2) is 11.1 Å². The van der Waals surface area contributed by atoms with Gasteiger partial charge in [0.05, 0.1) is 16.8 Å². The number of allylic oxidation sites excluding steroid dienone is 1. The van der Waals surface area contributed by atoms with E-state index in [2.05, 4.69) is 5.32 Å². The van der Waals surface area contributed by atoms with Crippen molar-refractivity contribution in [3.8, 4) is 12.1 Å². The van der Waals surface area contributed by atoms with E-state index in [-0.39, 0.29) is 5.69 Å². The molecule has 0 aliphatic heterocycles. The van der Waals surface area contributed by atoms with Crippen molar-refractivity contribution < 1.29 is 23.1 Å². The molecule has 0 saturated carbocycles. The maximum atomic E-state index is 12.7. The Morgan fingerprint density at radius 1 is 1.30 bits per heavy atom. The van der Waals surface area contributed by atoms with Crippen LogP contribution in [0.25, 0.3) is 0 Å². The average Bonchev–Trinajstić information content (AvgIpc) is 2.38. The van der Waals surface area contributed by atoms with E-state index in [4.69, 9.17) is 15.6 Å². The minimum absolute atomic E-state index is 0.365. The van der Waals surface area contributed by atoms with Crippen LogP contribution in [0.4, 0.5) is 18.9 Å². The van der Waals surface area contributed by atoms with Crippen molar-refractivity contribution in [1.82, 2.24) is 0 Å². The van der Waals surface area contributed by atoms with Gasteiger partial charge in [0.2, 0.25) is 0 Å². The van der Waals surface area contributed by atoms with Crippen LogP contribution in [0.3, 0.4) is 0 Å². The van der Waals surface area contributed by atoms with Crippen LogP contribution in [0.15, 0.2) is 30.0 Å². The monoisotopic (exact) mass is 281 g/mol. The number of carboxylic acids is 1. The Morgan fingerprint density at radius 2 is 1.90 bits per heavy atom. The highest BCUT2D eigenvalue weighted by Gasteiger charge is 2.36. The van der Waals surface area contributed by atoms with Crippen LogP contribution >= 0.6 is 0 Å². The van der Waals surface area contributed by atoms with Gasteiger partial charge in [0.1, 0.15) is 17.7 Å². The summed E-state index contributed by atoms with van der Waals surface area (Å²) in [4.78, 5) is 11.0. The Morgan fingerprint density at radius 3 is 2.35 bits per heavy atom. The summed E-state index contributed by atoms with van der Waals surface area (Å²) in [6, 6.07) is 5.72. The predicted octanol–water partition coefficient (Wildman–Crippen LogP) is 2.75. The van der Waals surface area contributed by atoms with E-state index in [0.717, 1.165) is 18.3 Å². The maximum Gasteiger partial charge on any atom is 0.417 e. The first-order valence-electron chi connectivity index (χ1n) is 5.01. The Bertz CT molecular complexity index is 635. The number of alkyl halides is 3. The number of aromatic carboxylic acids is 1. The van der Waals surface area contributed by atoms with Crippen molar-refractivity contribution in [2.24, 2.45) is 0 Å². The fourth-order valence-corrected chi connectivity index (χ4v) is 1.38. The number of carboxylic acid groups (broad SMARTS) is 1. The van der Waals surface area contributed by atoms with Gasteiger partial charge in [0, 0.05) is 6.20 Å². The number of anilines is 1. The molecule has 5 nitrogen and oxygen atoms in total. The highest BCUT2D eigenvalue weighted by Crippen LogP contribution is 2.35. The molecular weight excluding hydrogens is 275 g/mol. The van der Waals surface area contributed by atoms with Crippen LogP contribution < -0.4 is 5.32 Å². The number of carbonyl (C=O) groups is 1. The molecule has 0 fully saturated rings. The van der Waals surface area contributed by atoms with Crippen molar-refractivity contribution in [3.63, 3.8) is 0 Å². The van der Waals surface area contributed by atoms with Gasteiger partial charge in [-0.15, -0.1) is 0 Å². The summed E-state index contributed by atoms with van der Waals surface area (Å²) in [6.45, 7) is 0. The first kappa shape index (κ1) is 15.1. The van der Waals surface area contributed by atoms with Gasteiger partial charge in [0.15, 0.2) is 0 Å². The van der Waals surface area contributed by atoms with Crippen LogP contribution in [-0.2, 0) is 6.18 Å². The highest BCUT2D eigenvalue weighted by molar-refractivity contribution is 5.96. The Kier molecular flexibility index (Phi) is 4.34. The minimum Gasteiger partial charge on any atom is -0.478 e. The molecule has 0 aliphatic carbocycles. The number of nitriles is 2. The molecule has 1 aromatic rings. The molecular formula is C12H6F3N3O2. The normalized spacial score (nSPS) is 10.1. The Hall–Kier alpha value is -3.00. The third kappa shape index (κ3) is 3.27. The zero-order valence-corrected chi connectivity index (χ0v) is 9.69. The summed E-state index contributed by atoms with van der Waals surface area (Å²) in [5.74, 6) is -1.77. The fourth-order valence-electron chi connectivity index (χ4n) is 1.38. The van der Waals surface area contributed by atoms with Gasteiger partial charge in [0.25, 0.3) is 0 Å². The van der Waals surface area contributed by atoms with Crippen LogP contribution in [0.5, 0.6) is 0 Å². The SMILES string of the molecule is N#CC(C#N)=CNc1cccc(C(F)(F)F)c1C(=O)O. The topological polar surface area (TPSA) is 96.9 Å². The average molecular weight is 281 g/mol. The molecule has 0 radical (unpaired) electrons. The van der Waals surface area contributed by atoms with Crippen molar-refractivity contribution >= 4 is 11.7 Å². The molecule has 0 aromatic heterocycles. The summed E-state index contributed by atoms with van der Waals surface area (Å²) in [7, 11) is 0. The second-order valence-corrected chi connectivity index (χ2v) is 3.46. The van der Waals surface area contributed by atoms with Crippen molar-refractivity contribution in [2.45, 2.75) is 6.18 Å². The van der Waals surface area contributed by atoms with Crippen LogP contribution in [0.2, 0.25) is 0 Å². The van der Waals surface area contributed by atoms with Gasteiger partial charge in [-0.05, 0) is 12.1 Å². The highest BCUT2D eigenvalue weighted by atomic mass is 19.4. The zero-order valence-electron chi connectivity index (χ0n) is 9.69. The van der Waals surface area contributed by atoms with E-state index < -0.39 is 28.8 Å². The van der Waals surface area contributed by atoms with Crippen molar-refractivity contribution in [1.29, 1.82) is 10.5 Å². The lowest BCUT2D eigenvalue weighted by atomic mass is 10.0. The lowest BCUT2D eigenvalue weighted by molar-refractivity contribution is -0.138. The van der Waals surface area contributed by atoms with Gasteiger partial charge in [-0.3, -0.25) is 0 Å². The van der Waals surface area contributed by atoms with Gasteiger partial charge in [-0.25, -0.2) is 4.79 Å². The second kappa shape index (κ2) is 5.76. The summed E-state index contributed by atoms with van der Waals surface area (Å²) < 4.78 is 38.1. The molecule has 0 heterocycles. The number of benzene rings is 1. The van der Waals surface area contributed by atoms with E-state index in [9.17, 15) is 18.0 Å². The third-order valence-corrected chi connectivity index (χ3v) is 2.20. The van der Waals surface area contributed by atoms with E-state index in [1.54, 1.807) is 0 Å². The zero-order chi connectivity index (χ0) is 15.3. The summed E-state index contributed by atoms with van der Waals surface area (Å²) in [5, 5.41) is 28.1. The lowest BCUT2D eigenvalue weighted by Gasteiger charge is -2.13. The molecule has 0 aliphatic rings. The standard InChI is InChI=1S/C12H6F3N3O2/c13-12(14,15)8-2-1-3-9(10(8)11(19)20)18-6-7(4-16)5-17/h1-3,6,18H,(H,19,20). The molecule has 0 unspecified atom stereocenters. The largest absolute Gasteiger partial charge is 0.478 e. The third-order valence-electron chi connectivity index (χ3n) is 2.20. The Labute approximate surface area is 111 Å². The minimum atomic E-state index is -4.83. The van der Waals surface area contributed by atoms with Gasteiger partial charge >= 0.3 is 12.1 Å². The maximum absolute atomic E-state index is 12.7. The molecule has 0 atom stereocenters. The molecule has 1 aromatic carbocycles. The predicted molar refractivity (Wildman–Crippen MR) is 61.3 cm³/mol. The molecule has 102 valence electrons. The molecule has 2 N–H and O–H groups in total. The summed E-state index contributed by atoms with van der Waals surface area (Å²) >= 11 is 0. The molecule has 0 saturated heterocycles. The molecule has 8 heteroatoms. The van der Waals surface area contributed by atoms with Crippen molar-refractivity contribution in [3.05, 3.63) is 41.1 Å². The smallest absolute Gasteiger partial charge is 0.417 e. The van der Waals surface area contributed by atoms with E-state index in [1.807, 2.05) is 0 Å². The number of halogens is 3. The quantitative estimate of drug-likeness (QED) is 0.830. The molecule has 0 amide bonds. The fraction of sp³-hybridized carbons (Fsp3) is 0.0833. The van der Waals surface area contributed by atoms with E-state index in [1.165, 1.54) is 12.1 Å². The number of nitrogens with one attached hydrogen (secondary N) is 1. The van der Waals surface area contributed by atoms with Gasteiger partial charge in [-0.2, -0.15) is 23.7 Å². The molecule has 0 bridgehead atoms. The molecule has 1 rings (SSSR count). The number of nitrogens with zero attached hydrogens (tertiary/aromatic N) is 2. The van der Waals surface area contributed by atoms with Gasteiger partial charge in [-0.1, -0.05) is 6.07 Å². The van der Waals surface area contributed by atoms with Crippen LogP contribution in [0.1, 0.15) is 15.9 Å². The molecule has 0 spiro atoms. The Balaban J connectivity index is 3.36. The first-order chi connectivity index (χ1) is 9.31. The molecule has 20 heavy (non-hydrogen) atoms. The summed E-state index contributed by atoms with van der Waals surface area (Å²) in [5.41, 5.74) is -3.07. The van der Waals surface area contributed by atoms with Crippen molar-refractivity contribution in [2.75, 3.05) is 5.32 Å². The van der Waals surface area contributed by atoms with Crippen LogP contribution in [0, 0.1) is 22.7 Å². The van der Waals surface area contributed by atoms with E-state index in [0.29, 0.717) is 6.07 Å². The number of hydrogen-bond acceptors (Lipinski definition) is 4. The number of hydrogen-bond donors (Lipinski definition) is 2. The lowest BCUT2D eigenvalue weighted by Crippen LogP contribution is -2.14.